The number of pyridine rings is 1. The van der Waals surface area contributed by atoms with E-state index in [1.165, 1.54) is 6.20 Å². The van der Waals surface area contributed by atoms with Gasteiger partial charge >= 0.3 is 5.69 Å². The molecule has 0 bridgehead atoms. The minimum Gasteiger partial charge on any atom is -0.348 e. The molecule has 0 saturated heterocycles. The zero-order valence-electron chi connectivity index (χ0n) is 11.2. The Balaban J connectivity index is 1.65. The maximum atomic E-state index is 12.1. The lowest BCUT2D eigenvalue weighted by Gasteiger charge is -2.15. The molecule has 0 radical (unpaired) electrons. The molecule has 0 saturated carbocycles. The van der Waals surface area contributed by atoms with Gasteiger partial charge in [-0.2, -0.15) is 5.10 Å². The molecule has 0 fully saturated rings. The van der Waals surface area contributed by atoms with Crippen molar-refractivity contribution in [2.45, 2.75) is 31.8 Å². The first-order chi connectivity index (χ1) is 10.1. The van der Waals surface area contributed by atoms with Crippen molar-refractivity contribution in [1.29, 1.82) is 0 Å². The summed E-state index contributed by atoms with van der Waals surface area (Å²) < 4.78 is 1.62. The van der Waals surface area contributed by atoms with Crippen LogP contribution < -0.4 is 11.0 Å². The first-order valence-electron chi connectivity index (χ1n) is 6.70. The van der Waals surface area contributed by atoms with Gasteiger partial charge in [-0.3, -0.25) is 9.36 Å². The fraction of sp³-hybridized carbons (Fsp3) is 0.385. The number of aromatic amines is 1. The number of carbonyl (C=O) groups excluding carboxylic acids is 1. The second-order valence-corrected chi connectivity index (χ2v) is 5.39. The highest BCUT2D eigenvalue weighted by atomic mass is 35.5. The fourth-order valence-electron chi connectivity index (χ4n) is 2.42. The Hall–Kier alpha value is -2.15. The molecule has 3 rings (SSSR count). The maximum Gasteiger partial charge on any atom is 0.343 e. The molecule has 110 valence electrons. The van der Waals surface area contributed by atoms with E-state index in [0.29, 0.717) is 30.1 Å². The number of aryl methyl sites for hydroxylation is 1. The molecular weight excluding hydrogens is 294 g/mol. The summed E-state index contributed by atoms with van der Waals surface area (Å²) in [7, 11) is 0. The quantitative estimate of drug-likeness (QED) is 0.856. The van der Waals surface area contributed by atoms with E-state index in [2.05, 4.69) is 20.5 Å². The van der Waals surface area contributed by atoms with Gasteiger partial charge in [0.15, 0.2) is 0 Å². The molecule has 2 aromatic heterocycles. The van der Waals surface area contributed by atoms with Crippen LogP contribution in [0.15, 0.2) is 23.1 Å². The number of amides is 1. The summed E-state index contributed by atoms with van der Waals surface area (Å²) in [5.74, 6) is 0.506. The Bertz CT molecular complexity index is 706. The van der Waals surface area contributed by atoms with Crippen LogP contribution in [0, 0.1) is 0 Å². The van der Waals surface area contributed by atoms with Gasteiger partial charge < -0.3 is 5.32 Å². The molecule has 1 aliphatic rings. The number of hydrogen-bond donors (Lipinski definition) is 2. The smallest absolute Gasteiger partial charge is 0.343 e. The molecule has 1 atom stereocenters. The van der Waals surface area contributed by atoms with Crippen molar-refractivity contribution in [2.75, 3.05) is 0 Å². The largest absolute Gasteiger partial charge is 0.348 e. The Kier molecular flexibility index (Phi) is 3.74. The zero-order chi connectivity index (χ0) is 14.8. The highest BCUT2D eigenvalue weighted by Gasteiger charge is 2.21. The summed E-state index contributed by atoms with van der Waals surface area (Å²) in [5.41, 5.74) is 0.135. The van der Waals surface area contributed by atoms with Crippen molar-refractivity contribution in [3.05, 3.63) is 45.4 Å². The molecular formula is C13H14ClN5O2. The molecule has 21 heavy (non-hydrogen) atoms. The normalized spacial score (nSPS) is 17.9. The monoisotopic (exact) mass is 307 g/mol. The molecule has 7 nitrogen and oxygen atoms in total. The van der Waals surface area contributed by atoms with Gasteiger partial charge in [-0.05, 0) is 25.0 Å². The van der Waals surface area contributed by atoms with Crippen LogP contribution in [-0.2, 0) is 13.0 Å². The van der Waals surface area contributed by atoms with Gasteiger partial charge in [-0.15, -0.1) is 0 Å². The molecule has 2 N–H and O–H groups in total. The van der Waals surface area contributed by atoms with E-state index in [9.17, 15) is 9.59 Å². The second kappa shape index (κ2) is 5.69. The third kappa shape index (κ3) is 2.97. The topological polar surface area (TPSA) is 92.7 Å². The van der Waals surface area contributed by atoms with Crippen molar-refractivity contribution in [3.63, 3.8) is 0 Å². The van der Waals surface area contributed by atoms with Crippen LogP contribution in [0.25, 0.3) is 0 Å². The Morgan fingerprint density at radius 1 is 1.43 bits per heavy atom. The van der Waals surface area contributed by atoms with Gasteiger partial charge in [-0.1, -0.05) is 11.6 Å². The molecule has 0 spiro atoms. The number of aromatic nitrogens is 4. The number of rotatable bonds is 2. The average Bonchev–Trinajstić information content (AvgIpc) is 2.70. The Labute approximate surface area is 125 Å². The number of nitrogens with zero attached hydrogens (tertiary/aromatic N) is 3. The minimum atomic E-state index is -0.231. The van der Waals surface area contributed by atoms with E-state index in [4.69, 9.17) is 11.6 Å². The molecule has 8 heteroatoms. The average molecular weight is 308 g/mol. The van der Waals surface area contributed by atoms with E-state index >= 15 is 0 Å². The summed E-state index contributed by atoms with van der Waals surface area (Å²) in [6.07, 6.45) is 3.52. The number of halogens is 1. The van der Waals surface area contributed by atoms with Crippen LogP contribution in [0.5, 0.6) is 0 Å². The number of fused-ring (bicyclic) bond motifs is 1. The van der Waals surface area contributed by atoms with Crippen LogP contribution in [-0.4, -0.2) is 31.7 Å². The predicted molar refractivity (Wildman–Crippen MR) is 76.3 cm³/mol. The maximum absolute atomic E-state index is 12.1. The van der Waals surface area contributed by atoms with Crippen molar-refractivity contribution >= 4 is 17.5 Å². The second-order valence-electron chi connectivity index (χ2n) is 4.96. The molecule has 1 unspecified atom stereocenters. The van der Waals surface area contributed by atoms with Gasteiger partial charge in [0.25, 0.3) is 5.91 Å². The van der Waals surface area contributed by atoms with Crippen molar-refractivity contribution in [3.8, 4) is 0 Å². The number of nitrogens with one attached hydrogen (secondary N) is 2. The Morgan fingerprint density at radius 3 is 3.05 bits per heavy atom. The fourth-order valence-corrected chi connectivity index (χ4v) is 2.53. The molecule has 0 aromatic carbocycles. The highest BCUT2D eigenvalue weighted by Crippen LogP contribution is 2.12. The lowest BCUT2D eigenvalue weighted by Crippen LogP contribution is -2.36. The lowest BCUT2D eigenvalue weighted by atomic mass is 10.1. The molecule has 2 aromatic rings. The third-order valence-corrected chi connectivity index (χ3v) is 3.77. The zero-order valence-corrected chi connectivity index (χ0v) is 11.9. The van der Waals surface area contributed by atoms with Crippen molar-refractivity contribution in [1.82, 2.24) is 25.1 Å². The van der Waals surface area contributed by atoms with E-state index in [1.807, 2.05) is 0 Å². The summed E-state index contributed by atoms with van der Waals surface area (Å²) in [6.45, 7) is 0.545. The van der Waals surface area contributed by atoms with Crippen LogP contribution in [0.4, 0.5) is 0 Å². The number of hydrogen-bond acceptors (Lipinski definition) is 4. The van der Waals surface area contributed by atoms with Crippen LogP contribution in [0.3, 0.4) is 0 Å². The summed E-state index contributed by atoms with van der Waals surface area (Å²) in [4.78, 5) is 27.6. The van der Waals surface area contributed by atoms with Crippen molar-refractivity contribution < 1.29 is 4.79 Å². The Morgan fingerprint density at radius 2 is 2.29 bits per heavy atom. The first kappa shape index (κ1) is 13.8. The molecule has 3 heterocycles. The van der Waals surface area contributed by atoms with Crippen LogP contribution >= 0.6 is 11.6 Å². The molecule has 1 amide bonds. The first-order valence-corrected chi connectivity index (χ1v) is 7.08. The van der Waals surface area contributed by atoms with E-state index < -0.39 is 0 Å². The lowest BCUT2D eigenvalue weighted by molar-refractivity contribution is 0.0928. The number of H-pyrrole nitrogens is 1. The van der Waals surface area contributed by atoms with E-state index in [1.54, 1.807) is 16.7 Å². The summed E-state index contributed by atoms with van der Waals surface area (Å²) >= 11 is 5.75. The summed E-state index contributed by atoms with van der Waals surface area (Å²) in [5, 5.41) is 9.86. The van der Waals surface area contributed by atoms with Gasteiger partial charge in [0.05, 0.1) is 5.02 Å². The summed E-state index contributed by atoms with van der Waals surface area (Å²) in [6, 6.07) is 3.21. The van der Waals surface area contributed by atoms with Gasteiger partial charge in [0.1, 0.15) is 11.5 Å². The predicted octanol–water partition coefficient (Wildman–Crippen LogP) is 0.755. The van der Waals surface area contributed by atoms with E-state index in [-0.39, 0.29) is 17.6 Å². The molecule has 0 aliphatic carbocycles. The van der Waals surface area contributed by atoms with Gasteiger partial charge in [0, 0.05) is 25.2 Å². The van der Waals surface area contributed by atoms with Crippen LogP contribution in [0.1, 0.15) is 29.2 Å². The highest BCUT2D eigenvalue weighted by molar-refractivity contribution is 6.30. The molecule has 1 aliphatic heterocycles. The minimum absolute atomic E-state index is 0.00363. The van der Waals surface area contributed by atoms with Gasteiger partial charge in [-0.25, -0.2) is 14.9 Å². The van der Waals surface area contributed by atoms with Crippen molar-refractivity contribution in [2.24, 2.45) is 0 Å². The number of carbonyl (C=O) groups is 1. The standard InChI is InChI=1S/C13H14ClN5O2/c14-8-1-3-10(15-7-8)12(20)16-9-2-4-11-17-18-13(21)19(11)6-5-9/h1,3,7,9H,2,4-6H2,(H,16,20)(H,18,21). The third-order valence-electron chi connectivity index (χ3n) is 3.55. The SMILES string of the molecule is O=C(NC1CCc2n[nH]c(=O)n2CC1)c1ccc(Cl)cn1. The van der Waals surface area contributed by atoms with Crippen LogP contribution in [0.2, 0.25) is 5.02 Å². The van der Waals surface area contributed by atoms with Gasteiger partial charge in [0.2, 0.25) is 0 Å². The van der Waals surface area contributed by atoms with E-state index in [0.717, 1.165) is 12.2 Å².